The van der Waals surface area contributed by atoms with Crippen LogP contribution in [0.25, 0.3) is 0 Å². The molecule has 0 saturated heterocycles. The average molecular weight is 258 g/mol. The molecule has 0 atom stereocenters. The number of nitrogen functional groups attached to an aromatic ring is 1. The summed E-state index contributed by atoms with van der Waals surface area (Å²) in [6.07, 6.45) is 2.26. The standard InChI is InChI=1S/C15H18N2O2/c1-3-14-13(9-10-19-14)15(18)17(4-2)12-7-5-11(16)6-8-12/h5-10H,3-4,16H2,1-2H3. The van der Waals surface area contributed by atoms with Gasteiger partial charge in [-0.3, -0.25) is 4.79 Å². The zero-order valence-corrected chi connectivity index (χ0v) is 11.2. The molecule has 19 heavy (non-hydrogen) atoms. The summed E-state index contributed by atoms with van der Waals surface area (Å²) in [6, 6.07) is 9.01. The number of nitrogens with two attached hydrogens (primary N) is 1. The lowest BCUT2D eigenvalue weighted by molar-refractivity contribution is 0.0986. The van der Waals surface area contributed by atoms with Gasteiger partial charge in [0, 0.05) is 24.3 Å². The van der Waals surface area contributed by atoms with Gasteiger partial charge in [0.15, 0.2) is 0 Å². The van der Waals surface area contributed by atoms with E-state index in [1.165, 1.54) is 0 Å². The molecule has 0 fully saturated rings. The normalized spacial score (nSPS) is 10.4. The van der Waals surface area contributed by atoms with Crippen molar-refractivity contribution >= 4 is 17.3 Å². The van der Waals surface area contributed by atoms with Gasteiger partial charge in [0.25, 0.3) is 5.91 Å². The van der Waals surface area contributed by atoms with Gasteiger partial charge in [0.2, 0.25) is 0 Å². The summed E-state index contributed by atoms with van der Waals surface area (Å²) in [4.78, 5) is 14.2. The fourth-order valence-electron chi connectivity index (χ4n) is 2.05. The number of carbonyl (C=O) groups excluding carboxylic acids is 1. The first kappa shape index (κ1) is 13.2. The number of nitrogens with zero attached hydrogens (tertiary/aromatic N) is 1. The smallest absolute Gasteiger partial charge is 0.261 e. The number of benzene rings is 1. The molecule has 0 aliphatic carbocycles. The Hall–Kier alpha value is -2.23. The second kappa shape index (κ2) is 5.61. The Morgan fingerprint density at radius 2 is 1.89 bits per heavy atom. The number of anilines is 2. The van der Waals surface area contributed by atoms with Crippen molar-refractivity contribution in [1.29, 1.82) is 0 Å². The summed E-state index contributed by atoms with van der Waals surface area (Å²) in [5, 5.41) is 0. The molecule has 1 heterocycles. The number of hydrogen-bond acceptors (Lipinski definition) is 3. The Morgan fingerprint density at radius 3 is 2.47 bits per heavy atom. The molecular formula is C15H18N2O2. The van der Waals surface area contributed by atoms with Gasteiger partial charge in [-0.15, -0.1) is 0 Å². The van der Waals surface area contributed by atoms with Gasteiger partial charge in [-0.2, -0.15) is 0 Å². The van der Waals surface area contributed by atoms with Gasteiger partial charge in [0.1, 0.15) is 5.76 Å². The van der Waals surface area contributed by atoms with Crippen LogP contribution in [0.2, 0.25) is 0 Å². The number of aryl methyl sites for hydroxylation is 1. The molecule has 4 nitrogen and oxygen atoms in total. The summed E-state index contributed by atoms with van der Waals surface area (Å²) in [6.45, 7) is 4.51. The molecule has 0 saturated carbocycles. The topological polar surface area (TPSA) is 59.5 Å². The number of furan rings is 1. The Labute approximate surface area is 112 Å². The van der Waals surface area contributed by atoms with Crippen molar-refractivity contribution in [3.05, 3.63) is 47.9 Å². The number of carbonyl (C=O) groups is 1. The van der Waals surface area contributed by atoms with Crippen LogP contribution in [0.1, 0.15) is 30.0 Å². The number of rotatable bonds is 4. The maximum atomic E-state index is 12.5. The highest BCUT2D eigenvalue weighted by Crippen LogP contribution is 2.21. The number of hydrogen-bond donors (Lipinski definition) is 1. The summed E-state index contributed by atoms with van der Waals surface area (Å²) < 4.78 is 5.32. The predicted octanol–water partition coefficient (Wildman–Crippen LogP) is 3.09. The van der Waals surface area contributed by atoms with Crippen LogP contribution in [-0.2, 0) is 6.42 Å². The Bertz CT molecular complexity index is 558. The van der Waals surface area contributed by atoms with Crippen LogP contribution in [-0.4, -0.2) is 12.5 Å². The van der Waals surface area contributed by atoms with Crippen LogP contribution in [0.15, 0.2) is 41.0 Å². The van der Waals surface area contributed by atoms with Crippen molar-refractivity contribution in [2.45, 2.75) is 20.3 Å². The zero-order chi connectivity index (χ0) is 13.8. The van der Waals surface area contributed by atoms with Crippen LogP contribution in [0.5, 0.6) is 0 Å². The summed E-state index contributed by atoms with van der Waals surface area (Å²) >= 11 is 0. The van der Waals surface area contributed by atoms with Crippen LogP contribution in [0.3, 0.4) is 0 Å². The maximum absolute atomic E-state index is 12.5. The second-order valence-corrected chi connectivity index (χ2v) is 4.25. The van der Waals surface area contributed by atoms with E-state index in [4.69, 9.17) is 10.2 Å². The highest BCUT2D eigenvalue weighted by atomic mass is 16.3. The molecule has 1 aromatic heterocycles. The molecule has 1 amide bonds. The van der Waals surface area contributed by atoms with E-state index in [1.807, 2.05) is 26.0 Å². The molecule has 0 spiro atoms. The van der Waals surface area contributed by atoms with Crippen molar-refractivity contribution in [3.63, 3.8) is 0 Å². The Kier molecular flexibility index (Phi) is 3.90. The monoisotopic (exact) mass is 258 g/mol. The van der Waals surface area contributed by atoms with Gasteiger partial charge < -0.3 is 15.1 Å². The van der Waals surface area contributed by atoms with Crippen LogP contribution in [0.4, 0.5) is 11.4 Å². The molecule has 0 aliphatic heterocycles. The molecule has 4 heteroatoms. The van der Waals surface area contributed by atoms with E-state index < -0.39 is 0 Å². The zero-order valence-electron chi connectivity index (χ0n) is 11.2. The summed E-state index contributed by atoms with van der Waals surface area (Å²) in [5.74, 6) is 0.678. The Balaban J connectivity index is 2.32. The Morgan fingerprint density at radius 1 is 1.21 bits per heavy atom. The van der Waals surface area contributed by atoms with E-state index in [-0.39, 0.29) is 5.91 Å². The first-order valence-corrected chi connectivity index (χ1v) is 6.41. The highest BCUT2D eigenvalue weighted by Gasteiger charge is 2.20. The molecule has 100 valence electrons. The molecule has 0 bridgehead atoms. The number of amides is 1. The van der Waals surface area contributed by atoms with Crippen LogP contribution in [0, 0.1) is 0 Å². The third-order valence-corrected chi connectivity index (χ3v) is 3.06. The van der Waals surface area contributed by atoms with Gasteiger partial charge >= 0.3 is 0 Å². The maximum Gasteiger partial charge on any atom is 0.261 e. The van der Waals surface area contributed by atoms with E-state index in [0.717, 1.165) is 11.4 Å². The minimum Gasteiger partial charge on any atom is -0.469 e. The van der Waals surface area contributed by atoms with Crippen molar-refractivity contribution in [2.75, 3.05) is 17.2 Å². The molecule has 2 N–H and O–H groups in total. The van der Waals surface area contributed by atoms with Gasteiger partial charge in [0.05, 0.1) is 11.8 Å². The fourth-order valence-corrected chi connectivity index (χ4v) is 2.05. The second-order valence-electron chi connectivity index (χ2n) is 4.25. The third-order valence-electron chi connectivity index (χ3n) is 3.06. The van der Waals surface area contributed by atoms with Crippen LogP contribution >= 0.6 is 0 Å². The third kappa shape index (κ3) is 2.62. The first-order valence-electron chi connectivity index (χ1n) is 6.41. The molecule has 0 aliphatic rings. The van der Waals surface area contributed by atoms with Crippen LogP contribution < -0.4 is 10.6 Å². The molecule has 2 rings (SSSR count). The van der Waals surface area contributed by atoms with E-state index in [2.05, 4.69) is 0 Å². The molecule has 2 aromatic rings. The summed E-state index contributed by atoms with van der Waals surface area (Å²) in [5.41, 5.74) is 7.82. The fraction of sp³-hybridized carbons (Fsp3) is 0.267. The average Bonchev–Trinajstić information content (AvgIpc) is 2.90. The molecular weight excluding hydrogens is 240 g/mol. The van der Waals surface area contributed by atoms with E-state index >= 15 is 0 Å². The first-order chi connectivity index (χ1) is 9.17. The van der Waals surface area contributed by atoms with Crippen molar-refractivity contribution in [1.82, 2.24) is 0 Å². The van der Waals surface area contributed by atoms with E-state index in [1.54, 1.807) is 29.4 Å². The SMILES string of the molecule is CCc1occc1C(=O)N(CC)c1ccc(N)cc1. The minimum absolute atomic E-state index is 0.0436. The lowest BCUT2D eigenvalue weighted by atomic mass is 10.1. The molecule has 0 radical (unpaired) electrons. The van der Waals surface area contributed by atoms with E-state index in [0.29, 0.717) is 24.2 Å². The lowest BCUT2D eigenvalue weighted by Crippen LogP contribution is -2.30. The summed E-state index contributed by atoms with van der Waals surface area (Å²) in [7, 11) is 0. The van der Waals surface area contributed by atoms with Gasteiger partial charge in [-0.25, -0.2) is 0 Å². The van der Waals surface area contributed by atoms with Crippen molar-refractivity contribution in [3.8, 4) is 0 Å². The van der Waals surface area contributed by atoms with Gasteiger partial charge in [-0.05, 0) is 37.3 Å². The molecule has 1 aromatic carbocycles. The van der Waals surface area contributed by atoms with Crippen molar-refractivity contribution < 1.29 is 9.21 Å². The van der Waals surface area contributed by atoms with Crippen molar-refractivity contribution in [2.24, 2.45) is 0 Å². The lowest BCUT2D eigenvalue weighted by Gasteiger charge is -2.21. The quantitative estimate of drug-likeness (QED) is 0.857. The predicted molar refractivity (Wildman–Crippen MR) is 76.3 cm³/mol. The highest BCUT2D eigenvalue weighted by molar-refractivity contribution is 6.06. The largest absolute Gasteiger partial charge is 0.469 e. The minimum atomic E-state index is -0.0436. The van der Waals surface area contributed by atoms with E-state index in [9.17, 15) is 4.79 Å². The molecule has 0 unspecified atom stereocenters. The van der Waals surface area contributed by atoms with Gasteiger partial charge in [-0.1, -0.05) is 6.92 Å².